The molecule has 0 spiro atoms. The highest BCUT2D eigenvalue weighted by Crippen LogP contribution is 2.53. The summed E-state index contributed by atoms with van der Waals surface area (Å²) in [6.07, 6.45) is 3.29. The highest BCUT2D eigenvalue weighted by Gasteiger charge is 2.44. The summed E-state index contributed by atoms with van der Waals surface area (Å²) in [6.45, 7) is 4.39. The molecule has 3 heterocycles. The minimum absolute atomic E-state index is 0.100. The largest absolute Gasteiger partial charge is 0.465 e. The fourth-order valence-corrected chi connectivity index (χ4v) is 6.19. The first kappa shape index (κ1) is 19.5. The van der Waals surface area contributed by atoms with E-state index in [9.17, 15) is 4.39 Å². The molecule has 3 nitrogen and oxygen atoms in total. The van der Waals surface area contributed by atoms with E-state index in [1.807, 2.05) is 18.3 Å². The maximum Gasteiger partial charge on any atom is 0.210 e. The SMILES string of the molecule is CC(C)Cc1ncc(C2Oc3cc(Br)cc(F)c3[C@@H]3Cc4cc(Br)ccc4N23)s1. The second-order valence-corrected chi connectivity index (χ2v) is 10.9. The van der Waals surface area contributed by atoms with E-state index in [4.69, 9.17) is 4.74 Å². The summed E-state index contributed by atoms with van der Waals surface area (Å²) >= 11 is 8.66. The van der Waals surface area contributed by atoms with Crippen molar-refractivity contribution in [1.29, 1.82) is 0 Å². The van der Waals surface area contributed by atoms with Gasteiger partial charge in [0, 0.05) is 27.3 Å². The van der Waals surface area contributed by atoms with Crippen LogP contribution < -0.4 is 9.64 Å². The molecular formula is C22H19Br2FN2OS. The molecule has 2 aliphatic rings. The molecule has 1 unspecified atom stereocenters. The third kappa shape index (κ3) is 3.41. The van der Waals surface area contributed by atoms with Gasteiger partial charge in [-0.3, -0.25) is 0 Å². The quantitative estimate of drug-likeness (QED) is 0.353. The lowest BCUT2D eigenvalue weighted by atomic mass is 9.99. The van der Waals surface area contributed by atoms with Gasteiger partial charge in [-0.1, -0.05) is 45.7 Å². The van der Waals surface area contributed by atoms with E-state index in [-0.39, 0.29) is 18.1 Å². The standard InChI is InChI=1S/C22H19Br2FN2OS/c1-11(2)5-20-26-10-19(29-20)22-27-16-4-3-13(23)6-12(16)7-17(27)21-15(25)8-14(24)9-18(21)28-22/h3-4,6,8-11,17,22H,5,7H2,1-2H3/t17-,22?/m0/s1. The molecule has 0 radical (unpaired) electrons. The van der Waals surface area contributed by atoms with Crippen molar-refractivity contribution in [2.45, 2.75) is 39.0 Å². The molecule has 0 bridgehead atoms. The van der Waals surface area contributed by atoms with Crippen molar-refractivity contribution in [1.82, 2.24) is 4.98 Å². The number of fused-ring (bicyclic) bond motifs is 5. The average Bonchev–Trinajstić information content (AvgIpc) is 3.23. The molecule has 0 fully saturated rings. The monoisotopic (exact) mass is 536 g/mol. The van der Waals surface area contributed by atoms with Gasteiger partial charge in [0.1, 0.15) is 11.6 Å². The summed E-state index contributed by atoms with van der Waals surface area (Å²) in [6, 6.07) is 9.54. The Hall–Kier alpha value is -1.44. The van der Waals surface area contributed by atoms with Gasteiger partial charge in [-0.15, -0.1) is 11.3 Å². The van der Waals surface area contributed by atoms with Crippen LogP contribution in [0.4, 0.5) is 10.1 Å². The number of nitrogens with zero attached hydrogens (tertiary/aromatic N) is 2. The summed E-state index contributed by atoms with van der Waals surface area (Å²) in [5.41, 5.74) is 2.92. The van der Waals surface area contributed by atoms with Gasteiger partial charge in [-0.25, -0.2) is 9.37 Å². The number of aromatic nitrogens is 1. The predicted molar refractivity (Wildman–Crippen MR) is 121 cm³/mol. The molecule has 7 heteroatoms. The van der Waals surface area contributed by atoms with Crippen molar-refractivity contribution < 1.29 is 9.13 Å². The lowest BCUT2D eigenvalue weighted by Gasteiger charge is -2.40. The van der Waals surface area contributed by atoms with Gasteiger partial charge in [0.05, 0.1) is 21.5 Å². The molecule has 0 aliphatic carbocycles. The highest BCUT2D eigenvalue weighted by atomic mass is 79.9. The van der Waals surface area contributed by atoms with Crippen molar-refractivity contribution in [2.24, 2.45) is 5.92 Å². The van der Waals surface area contributed by atoms with Crippen LogP contribution in [-0.4, -0.2) is 4.98 Å². The van der Waals surface area contributed by atoms with E-state index in [1.165, 1.54) is 11.6 Å². The van der Waals surface area contributed by atoms with Gasteiger partial charge in [0.15, 0.2) is 0 Å². The number of hydrogen-bond donors (Lipinski definition) is 0. The Morgan fingerprint density at radius 2 is 2.07 bits per heavy atom. The number of anilines is 1. The third-order valence-corrected chi connectivity index (χ3v) is 7.35. The molecule has 0 N–H and O–H groups in total. The second kappa shape index (κ2) is 7.36. The fourth-order valence-electron chi connectivity index (χ4n) is 4.21. The highest BCUT2D eigenvalue weighted by molar-refractivity contribution is 9.10. The number of halogens is 3. The lowest BCUT2D eigenvalue weighted by Crippen LogP contribution is -2.37. The van der Waals surface area contributed by atoms with E-state index in [2.05, 4.69) is 67.7 Å². The van der Waals surface area contributed by atoms with Crippen molar-refractivity contribution in [3.05, 3.63) is 72.3 Å². The van der Waals surface area contributed by atoms with Gasteiger partial charge in [-0.2, -0.15) is 0 Å². The van der Waals surface area contributed by atoms with Crippen LogP contribution in [0.15, 0.2) is 45.5 Å². The number of benzene rings is 2. The van der Waals surface area contributed by atoms with Crippen molar-refractivity contribution in [3.63, 3.8) is 0 Å². The molecule has 150 valence electrons. The summed E-state index contributed by atoms with van der Waals surface area (Å²) in [4.78, 5) is 7.89. The van der Waals surface area contributed by atoms with E-state index in [1.54, 1.807) is 11.3 Å². The summed E-state index contributed by atoms with van der Waals surface area (Å²) in [7, 11) is 0. The number of hydrogen-bond acceptors (Lipinski definition) is 4. The van der Waals surface area contributed by atoms with Crippen molar-refractivity contribution in [3.8, 4) is 5.75 Å². The summed E-state index contributed by atoms with van der Waals surface area (Å²) in [5, 5.41) is 1.11. The van der Waals surface area contributed by atoms with E-state index in [0.717, 1.165) is 32.9 Å². The molecule has 2 atom stereocenters. The van der Waals surface area contributed by atoms with E-state index >= 15 is 0 Å². The fraction of sp³-hybridized carbons (Fsp3) is 0.318. The summed E-state index contributed by atoms with van der Waals surface area (Å²) < 4.78 is 23.1. The maximum atomic E-state index is 15.0. The van der Waals surface area contributed by atoms with Crippen LogP contribution in [0, 0.1) is 11.7 Å². The van der Waals surface area contributed by atoms with Crippen LogP contribution in [-0.2, 0) is 12.8 Å². The first-order valence-electron chi connectivity index (χ1n) is 9.57. The molecule has 0 amide bonds. The van der Waals surface area contributed by atoms with Crippen molar-refractivity contribution in [2.75, 3.05) is 4.90 Å². The van der Waals surface area contributed by atoms with E-state index in [0.29, 0.717) is 21.7 Å². The average molecular weight is 538 g/mol. The zero-order valence-electron chi connectivity index (χ0n) is 16.0. The van der Waals surface area contributed by atoms with Crippen LogP contribution >= 0.6 is 43.2 Å². The molecule has 1 aromatic heterocycles. The van der Waals surface area contributed by atoms with Gasteiger partial charge in [-0.05, 0) is 48.2 Å². The molecule has 2 aliphatic heterocycles. The molecule has 0 saturated carbocycles. The Balaban J connectivity index is 1.64. The maximum absolute atomic E-state index is 15.0. The first-order valence-corrected chi connectivity index (χ1v) is 12.0. The Bertz CT molecular complexity index is 1100. The number of rotatable bonds is 3. The molecular weight excluding hydrogens is 519 g/mol. The van der Waals surface area contributed by atoms with E-state index < -0.39 is 0 Å². The topological polar surface area (TPSA) is 25.4 Å². The zero-order valence-corrected chi connectivity index (χ0v) is 19.9. The van der Waals surface area contributed by atoms with Crippen LogP contribution in [0.1, 0.15) is 47.1 Å². The summed E-state index contributed by atoms with van der Waals surface area (Å²) in [5.74, 6) is 0.915. The van der Waals surface area contributed by atoms with Crippen LogP contribution in [0.25, 0.3) is 0 Å². The normalized spacial score (nSPS) is 19.7. The minimum atomic E-state index is -0.318. The number of thiazole rings is 1. The zero-order chi connectivity index (χ0) is 20.3. The first-order chi connectivity index (χ1) is 13.9. The van der Waals surface area contributed by atoms with Crippen molar-refractivity contribution >= 4 is 48.9 Å². The molecule has 5 rings (SSSR count). The Kier molecular flexibility index (Phi) is 4.95. The Morgan fingerprint density at radius 3 is 2.86 bits per heavy atom. The smallest absolute Gasteiger partial charge is 0.210 e. The molecule has 29 heavy (non-hydrogen) atoms. The molecule has 0 saturated heterocycles. The second-order valence-electron chi connectivity index (χ2n) is 7.92. The Labute approximate surface area is 190 Å². The van der Waals surface area contributed by atoms with Gasteiger partial charge in [0.25, 0.3) is 0 Å². The molecule has 2 aromatic carbocycles. The van der Waals surface area contributed by atoms with Crippen LogP contribution in [0.2, 0.25) is 0 Å². The van der Waals surface area contributed by atoms with Gasteiger partial charge >= 0.3 is 0 Å². The van der Waals surface area contributed by atoms with Crippen LogP contribution in [0.5, 0.6) is 5.75 Å². The van der Waals surface area contributed by atoms with Crippen LogP contribution in [0.3, 0.4) is 0 Å². The number of ether oxygens (including phenoxy) is 1. The predicted octanol–water partition coefficient (Wildman–Crippen LogP) is 7.20. The van der Waals surface area contributed by atoms with Gasteiger partial charge in [0.2, 0.25) is 6.23 Å². The Morgan fingerprint density at radius 1 is 1.24 bits per heavy atom. The third-order valence-electron chi connectivity index (χ3n) is 5.35. The lowest BCUT2D eigenvalue weighted by molar-refractivity contribution is 0.167. The van der Waals surface area contributed by atoms with Gasteiger partial charge < -0.3 is 9.64 Å². The minimum Gasteiger partial charge on any atom is -0.465 e. The molecule has 3 aromatic rings.